The maximum atomic E-state index is 13.6. The maximum Gasteiger partial charge on any atom is 0.233 e. The summed E-state index contributed by atoms with van der Waals surface area (Å²) in [6.45, 7) is 4.09. The molecule has 6 heteroatoms. The van der Waals surface area contributed by atoms with Crippen LogP contribution < -0.4 is 4.74 Å². The number of aliphatic hydroxyl groups is 1. The molecule has 1 aromatic carbocycles. The fraction of sp³-hybridized carbons (Fsp3) is 0.667. The molecule has 0 bridgehead atoms. The fourth-order valence-electron chi connectivity index (χ4n) is 5.02. The van der Waals surface area contributed by atoms with E-state index in [0.717, 1.165) is 50.1 Å². The van der Waals surface area contributed by atoms with E-state index in [0.29, 0.717) is 26.3 Å². The summed E-state index contributed by atoms with van der Waals surface area (Å²) in [5, 5.41) is 10.6. The number of ether oxygens (including phenoxy) is 2. The Morgan fingerprint density at radius 3 is 2.44 bits per heavy atom. The smallest absolute Gasteiger partial charge is 0.233 e. The van der Waals surface area contributed by atoms with Gasteiger partial charge >= 0.3 is 0 Å². The third-order valence-corrected chi connectivity index (χ3v) is 6.57. The number of carbonyl (C=O) groups excluding carboxylic acids is 1. The number of morpholine rings is 1. The SMILES string of the molecule is COc1ccc(C2(C(=O)N3C[C@H](O)[C@@H](N4CCOCC4)C3)CCCC2)cc1. The number of benzene rings is 1. The Morgan fingerprint density at radius 1 is 1.15 bits per heavy atom. The zero-order valence-electron chi connectivity index (χ0n) is 16.1. The molecule has 4 rings (SSSR count). The third kappa shape index (κ3) is 3.46. The van der Waals surface area contributed by atoms with Gasteiger partial charge in [0.2, 0.25) is 5.91 Å². The minimum absolute atomic E-state index is 0.0205. The van der Waals surface area contributed by atoms with E-state index in [1.54, 1.807) is 7.11 Å². The van der Waals surface area contributed by atoms with Gasteiger partial charge in [0.25, 0.3) is 0 Å². The van der Waals surface area contributed by atoms with Gasteiger partial charge in [-0.25, -0.2) is 0 Å². The predicted octanol–water partition coefficient (Wildman–Crippen LogP) is 1.41. The molecule has 0 aromatic heterocycles. The third-order valence-electron chi connectivity index (χ3n) is 6.57. The van der Waals surface area contributed by atoms with E-state index >= 15 is 0 Å². The molecule has 2 saturated heterocycles. The van der Waals surface area contributed by atoms with Crippen LogP contribution in [0.1, 0.15) is 31.2 Å². The molecule has 2 aliphatic heterocycles. The lowest BCUT2D eigenvalue weighted by Crippen LogP contribution is -2.49. The van der Waals surface area contributed by atoms with Gasteiger partial charge in [0.1, 0.15) is 5.75 Å². The number of β-amino-alcohol motifs (C(OH)–C–C–N with tert-alkyl or cyclic N) is 1. The number of hydrogen-bond donors (Lipinski definition) is 1. The van der Waals surface area contributed by atoms with Crippen LogP contribution >= 0.6 is 0 Å². The summed E-state index contributed by atoms with van der Waals surface area (Å²) < 4.78 is 10.7. The highest BCUT2D eigenvalue weighted by atomic mass is 16.5. The summed E-state index contributed by atoms with van der Waals surface area (Å²) >= 11 is 0. The van der Waals surface area contributed by atoms with E-state index in [1.165, 1.54) is 0 Å². The van der Waals surface area contributed by atoms with Gasteiger partial charge < -0.3 is 19.5 Å². The van der Waals surface area contributed by atoms with Crippen LogP contribution in [0.15, 0.2) is 24.3 Å². The lowest BCUT2D eigenvalue weighted by molar-refractivity contribution is -0.136. The topological polar surface area (TPSA) is 62.2 Å². The molecule has 0 unspecified atom stereocenters. The van der Waals surface area contributed by atoms with Crippen LogP contribution in [0, 0.1) is 0 Å². The number of amides is 1. The summed E-state index contributed by atoms with van der Waals surface area (Å²) in [6.07, 6.45) is 3.42. The van der Waals surface area contributed by atoms with Crippen molar-refractivity contribution in [2.75, 3.05) is 46.5 Å². The van der Waals surface area contributed by atoms with E-state index in [9.17, 15) is 9.90 Å². The van der Waals surface area contributed by atoms with E-state index in [1.807, 2.05) is 29.2 Å². The van der Waals surface area contributed by atoms with Crippen molar-refractivity contribution in [3.63, 3.8) is 0 Å². The highest BCUT2D eigenvalue weighted by Crippen LogP contribution is 2.43. The van der Waals surface area contributed by atoms with E-state index in [4.69, 9.17) is 9.47 Å². The molecule has 2 atom stereocenters. The first kappa shape index (κ1) is 18.7. The van der Waals surface area contributed by atoms with Gasteiger partial charge in [0.15, 0.2) is 0 Å². The van der Waals surface area contributed by atoms with Crippen LogP contribution in [0.3, 0.4) is 0 Å². The number of methoxy groups -OCH3 is 1. The lowest BCUT2D eigenvalue weighted by Gasteiger charge is -2.35. The van der Waals surface area contributed by atoms with Gasteiger partial charge in [0, 0.05) is 26.2 Å². The molecule has 1 aliphatic carbocycles. The Morgan fingerprint density at radius 2 is 1.81 bits per heavy atom. The van der Waals surface area contributed by atoms with Crippen molar-refractivity contribution >= 4 is 5.91 Å². The van der Waals surface area contributed by atoms with Crippen molar-refractivity contribution < 1.29 is 19.4 Å². The fourth-order valence-corrected chi connectivity index (χ4v) is 5.02. The number of nitrogens with zero attached hydrogens (tertiary/aromatic N) is 2. The molecule has 148 valence electrons. The normalized spacial score (nSPS) is 28.4. The number of aliphatic hydroxyl groups excluding tert-OH is 1. The first-order valence-electron chi connectivity index (χ1n) is 10.1. The van der Waals surface area contributed by atoms with Gasteiger partial charge in [-0.05, 0) is 30.5 Å². The number of hydrogen-bond acceptors (Lipinski definition) is 5. The number of carbonyl (C=O) groups is 1. The number of rotatable bonds is 4. The molecular formula is C21H30N2O4. The number of likely N-dealkylation sites (tertiary alicyclic amines) is 1. The first-order chi connectivity index (χ1) is 13.1. The minimum Gasteiger partial charge on any atom is -0.497 e. The predicted molar refractivity (Wildman–Crippen MR) is 102 cm³/mol. The summed E-state index contributed by atoms with van der Waals surface area (Å²) in [4.78, 5) is 17.8. The summed E-state index contributed by atoms with van der Waals surface area (Å²) in [5.41, 5.74) is 0.626. The molecule has 27 heavy (non-hydrogen) atoms. The lowest BCUT2D eigenvalue weighted by atomic mass is 9.77. The second kappa shape index (κ2) is 7.78. The van der Waals surface area contributed by atoms with Crippen molar-refractivity contribution in [3.8, 4) is 5.75 Å². The van der Waals surface area contributed by atoms with Crippen LogP contribution in [0.4, 0.5) is 0 Å². The van der Waals surface area contributed by atoms with Crippen molar-refractivity contribution in [1.29, 1.82) is 0 Å². The van der Waals surface area contributed by atoms with E-state index in [2.05, 4.69) is 4.90 Å². The van der Waals surface area contributed by atoms with Crippen LogP contribution in [0.25, 0.3) is 0 Å². The van der Waals surface area contributed by atoms with Crippen LogP contribution in [0.2, 0.25) is 0 Å². The minimum atomic E-state index is -0.485. The average Bonchev–Trinajstić information content (AvgIpc) is 3.36. The first-order valence-corrected chi connectivity index (χ1v) is 10.1. The van der Waals surface area contributed by atoms with Crippen LogP contribution in [0.5, 0.6) is 5.75 Å². The highest BCUT2D eigenvalue weighted by Gasteiger charge is 2.48. The second-order valence-corrected chi connectivity index (χ2v) is 8.01. The van der Waals surface area contributed by atoms with Crippen molar-refractivity contribution in [3.05, 3.63) is 29.8 Å². The highest BCUT2D eigenvalue weighted by molar-refractivity contribution is 5.89. The molecule has 6 nitrogen and oxygen atoms in total. The Bertz CT molecular complexity index is 651. The van der Waals surface area contributed by atoms with Crippen molar-refractivity contribution in [1.82, 2.24) is 9.80 Å². The van der Waals surface area contributed by atoms with E-state index < -0.39 is 11.5 Å². The van der Waals surface area contributed by atoms with Crippen LogP contribution in [-0.2, 0) is 14.9 Å². The molecule has 1 amide bonds. The second-order valence-electron chi connectivity index (χ2n) is 8.01. The zero-order chi connectivity index (χ0) is 18.9. The molecule has 0 radical (unpaired) electrons. The Labute approximate surface area is 161 Å². The summed E-state index contributed by atoms with van der Waals surface area (Å²) in [7, 11) is 1.66. The Balaban J connectivity index is 1.53. The van der Waals surface area contributed by atoms with Gasteiger partial charge in [-0.2, -0.15) is 0 Å². The Kier molecular flexibility index (Phi) is 5.39. The molecular weight excluding hydrogens is 344 g/mol. The molecule has 0 spiro atoms. The van der Waals surface area contributed by atoms with Gasteiger partial charge in [0.05, 0.1) is 37.9 Å². The largest absolute Gasteiger partial charge is 0.497 e. The van der Waals surface area contributed by atoms with Crippen molar-refractivity contribution in [2.24, 2.45) is 0 Å². The van der Waals surface area contributed by atoms with Gasteiger partial charge in [-0.15, -0.1) is 0 Å². The average molecular weight is 374 g/mol. The molecule has 1 saturated carbocycles. The standard InChI is InChI=1S/C21H30N2O4/c1-26-17-6-4-16(5-7-17)21(8-2-3-9-21)20(25)23-14-18(19(24)15-23)22-10-12-27-13-11-22/h4-7,18-19,24H,2-3,8-15H2,1H3/t18-,19-/m0/s1. The summed E-state index contributed by atoms with van der Waals surface area (Å²) in [5.74, 6) is 0.989. The van der Waals surface area contributed by atoms with Crippen molar-refractivity contribution in [2.45, 2.75) is 43.2 Å². The molecule has 3 fully saturated rings. The quantitative estimate of drug-likeness (QED) is 0.864. The Hall–Kier alpha value is -1.63. The molecule has 2 heterocycles. The molecule has 1 N–H and O–H groups in total. The zero-order valence-corrected chi connectivity index (χ0v) is 16.1. The van der Waals surface area contributed by atoms with Gasteiger partial charge in [-0.3, -0.25) is 9.69 Å². The van der Waals surface area contributed by atoms with E-state index in [-0.39, 0.29) is 11.9 Å². The monoisotopic (exact) mass is 374 g/mol. The van der Waals surface area contributed by atoms with Crippen LogP contribution in [-0.4, -0.2) is 79.5 Å². The molecule has 1 aromatic rings. The van der Waals surface area contributed by atoms with Gasteiger partial charge in [-0.1, -0.05) is 25.0 Å². The molecule has 3 aliphatic rings. The summed E-state index contributed by atoms with van der Waals surface area (Å²) in [6, 6.07) is 7.98. The maximum absolute atomic E-state index is 13.6.